The van der Waals surface area contributed by atoms with E-state index in [0.717, 1.165) is 24.2 Å². The molecule has 68 valence electrons. The molecule has 2 heterocycles. The Morgan fingerprint density at radius 2 is 2.46 bits per heavy atom. The smallest absolute Gasteiger partial charge is 0.354 e. The van der Waals surface area contributed by atoms with Crippen molar-refractivity contribution in [2.24, 2.45) is 0 Å². The van der Waals surface area contributed by atoms with Gasteiger partial charge in [-0.05, 0) is 18.1 Å². The number of hydrogen-bond donors (Lipinski definition) is 1. The largest absolute Gasteiger partial charge is 0.477 e. The summed E-state index contributed by atoms with van der Waals surface area (Å²) >= 11 is 0. The van der Waals surface area contributed by atoms with Gasteiger partial charge in [-0.25, -0.2) is 9.78 Å². The molecule has 13 heavy (non-hydrogen) atoms. The number of carboxylic acid groups (broad SMARTS) is 1. The SMILES string of the molecule is CN1CCc2cnc(C(=O)O)cc21. The van der Waals surface area contributed by atoms with Crippen LogP contribution >= 0.6 is 0 Å². The van der Waals surface area contributed by atoms with Crippen LogP contribution in [0.4, 0.5) is 5.69 Å². The van der Waals surface area contributed by atoms with Crippen molar-refractivity contribution in [3.63, 3.8) is 0 Å². The molecule has 0 atom stereocenters. The summed E-state index contributed by atoms with van der Waals surface area (Å²) in [4.78, 5) is 16.5. The van der Waals surface area contributed by atoms with Gasteiger partial charge in [-0.15, -0.1) is 0 Å². The molecule has 0 bridgehead atoms. The van der Waals surface area contributed by atoms with Crippen molar-refractivity contribution in [1.29, 1.82) is 0 Å². The van der Waals surface area contributed by atoms with Gasteiger partial charge in [0.1, 0.15) is 5.69 Å². The average molecular weight is 178 g/mol. The first-order valence-corrected chi connectivity index (χ1v) is 4.12. The number of likely N-dealkylation sites (N-methyl/N-ethyl adjacent to an activating group) is 1. The van der Waals surface area contributed by atoms with Crippen LogP contribution in [0.15, 0.2) is 12.3 Å². The molecule has 0 saturated carbocycles. The minimum Gasteiger partial charge on any atom is -0.477 e. The molecule has 0 aromatic carbocycles. The molecule has 1 aromatic heterocycles. The van der Waals surface area contributed by atoms with Gasteiger partial charge in [-0.1, -0.05) is 0 Å². The van der Waals surface area contributed by atoms with Crippen molar-refractivity contribution < 1.29 is 9.90 Å². The zero-order valence-electron chi connectivity index (χ0n) is 7.32. The number of pyridine rings is 1. The summed E-state index contributed by atoms with van der Waals surface area (Å²) in [7, 11) is 1.96. The van der Waals surface area contributed by atoms with Crippen molar-refractivity contribution >= 4 is 11.7 Å². The first-order valence-electron chi connectivity index (χ1n) is 4.12. The quantitative estimate of drug-likeness (QED) is 0.690. The molecular formula is C9H10N2O2. The van der Waals surface area contributed by atoms with Crippen molar-refractivity contribution in [2.75, 3.05) is 18.5 Å². The fourth-order valence-corrected chi connectivity index (χ4v) is 1.55. The predicted molar refractivity (Wildman–Crippen MR) is 48.2 cm³/mol. The first-order chi connectivity index (χ1) is 6.18. The lowest BCUT2D eigenvalue weighted by Crippen LogP contribution is -2.13. The third kappa shape index (κ3) is 1.24. The number of carbonyl (C=O) groups is 1. The molecule has 4 heteroatoms. The summed E-state index contributed by atoms with van der Waals surface area (Å²) in [6.07, 6.45) is 2.61. The van der Waals surface area contributed by atoms with E-state index in [0.29, 0.717) is 0 Å². The molecule has 0 unspecified atom stereocenters. The predicted octanol–water partition coefficient (Wildman–Crippen LogP) is 0.772. The van der Waals surface area contributed by atoms with Crippen LogP contribution in [0.3, 0.4) is 0 Å². The second-order valence-corrected chi connectivity index (χ2v) is 3.17. The molecule has 1 aliphatic heterocycles. The third-order valence-electron chi connectivity index (χ3n) is 2.31. The Bertz CT molecular complexity index is 363. The highest BCUT2D eigenvalue weighted by molar-refractivity contribution is 5.87. The van der Waals surface area contributed by atoms with Crippen LogP contribution in [0, 0.1) is 0 Å². The van der Waals surface area contributed by atoms with E-state index >= 15 is 0 Å². The van der Waals surface area contributed by atoms with Gasteiger partial charge in [0.15, 0.2) is 0 Å². The Morgan fingerprint density at radius 1 is 1.69 bits per heavy atom. The molecule has 0 radical (unpaired) electrons. The van der Waals surface area contributed by atoms with E-state index in [1.807, 2.05) is 11.9 Å². The lowest BCUT2D eigenvalue weighted by Gasteiger charge is -2.11. The van der Waals surface area contributed by atoms with E-state index in [1.54, 1.807) is 12.3 Å². The van der Waals surface area contributed by atoms with Crippen molar-refractivity contribution in [1.82, 2.24) is 4.98 Å². The van der Waals surface area contributed by atoms with Gasteiger partial charge in [-0.3, -0.25) is 0 Å². The highest BCUT2D eigenvalue weighted by Crippen LogP contribution is 2.26. The van der Waals surface area contributed by atoms with Crippen molar-refractivity contribution in [3.05, 3.63) is 23.5 Å². The van der Waals surface area contributed by atoms with E-state index < -0.39 is 5.97 Å². The summed E-state index contributed by atoms with van der Waals surface area (Å²) in [5, 5.41) is 8.72. The van der Waals surface area contributed by atoms with Gasteiger partial charge in [0.25, 0.3) is 0 Å². The van der Waals surface area contributed by atoms with Crippen LogP contribution in [0.2, 0.25) is 0 Å². The zero-order chi connectivity index (χ0) is 9.42. The van der Waals surface area contributed by atoms with Gasteiger partial charge < -0.3 is 10.0 Å². The van der Waals surface area contributed by atoms with Gasteiger partial charge in [0.05, 0.1) is 0 Å². The lowest BCUT2D eigenvalue weighted by molar-refractivity contribution is 0.0690. The third-order valence-corrected chi connectivity index (χ3v) is 2.31. The highest BCUT2D eigenvalue weighted by atomic mass is 16.4. The number of anilines is 1. The van der Waals surface area contributed by atoms with Crippen LogP contribution in [-0.2, 0) is 6.42 Å². The maximum absolute atomic E-state index is 10.6. The number of hydrogen-bond acceptors (Lipinski definition) is 3. The van der Waals surface area contributed by atoms with Crippen LogP contribution in [0.25, 0.3) is 0 Å². The van der Waals surface area contributed by atoms with Gasteiger partial charge in [0, 0.05) is 25.5 Å². The normalized spacial score (nSPS) is 14.4. The lowest BCUT2D eigenvalue weighted by atomic mass is 10.2. The Kier molecular flexibility index (Phi) is 1.69. The number of rotatable bonds is 1. The van der Waals surface area contributed by atoms with E-state index in [9.17, 15) is 4.79 Å². The maximum atomic E-state index is 10.6. The zero-order valence-corrected chi connectivity index (χ0v) is 7.32. The summed E-state index contributed by atoms with van der Waals surface area (Å²) < 4.78 is 0. The van der Waals surface area contributed by atoms with Gasteiger partial charge >= 0.3 is 5.97 Å². The Hall–Kier alpha value is -1.58. The van der Waals surface area contributed by atoms with Crippen LogP contribution < -0.4 is 4.90 Å². The van der Waals surface area contributed by atoms with Crippen molar-refractivity contribution in [2.45, 2.75) is 6.42 Å². The van der Waals surface area contributed by atoms with Gasteiger partial charge in [-0.2, -0.15) is 0 Å². The van der Waals surface area contributed by atoms with E-state index in [1.165, 1.54) is 0 Å². The second kappa shape index (κ2) is 2.73. The summed E-state index contributed by atoms with van der Waals surface area (Å²) in [6.45, 7) is 0.945. The van der Waals surface area contributed by atoms with E-state index in [4.69, 9.17) is 5.11 Å². The number of fused-ring (bicyclic) bond motifs is 1. The number of aromatic nitrogens is 1. The number of carboxylic acids is 1. The number of aromatic carboxylic acids is 1. The summed E-state index contributed by atoms with van der Waals surface area (Å²) in [6, 6.07) is 1.63. The maximum Gasteiger partial charge on any atom is 0.354 e. The molecular weight excluding hydrogens is 168 g/mol. The summed E-state index contributed by atoms with van der Waals surface area (Å²) in [5.74, 6) is -0.969. The fraction of sp³-hybridized carbons (Fsp3) is 0.333. The average Bonchev–Trinajstić information content (AvgIpc) is 2.47. The van der Waals surface area contributed by atoms with Crippen LogP contribution in [0.1, 0.15) is 16.1 Å². The standard InChI is InChI=1S/C9H10N2O2/c1-11-3-2-6-5-10-7(9(12)13)4-8(6)11/h4-5H,2-3H2,1H3,(H,12,13). The molecule has 0 aliphatic carbocycles. The Morgan fingerprint density at radius 3 is 3.15 bits per heavy atom. The van der Waals surface area contributed by atoms with Crippen LogP contribution in [-0.4, -0.2) is 29.7 Å². The minimum absolute atomic E-state index is 0.118. The second-order valence-electron chi connectivity index (χ2n) is 3.17. The molecule has 1 N–H and O–H groups in total. The topological polar surface area (TPSA) is 53.4 Å². The molecule has 0 saturated heterocycles. The monoisotopic (exact) mass is 178 g/mol. The van der Waals surface area contributed by atoms with Crippen molar-refractivity contribution in [3.8, 4) is 0 Å². The molecule has 0 fully saturated rings. The van der Waals surface area contributed by atoms with E-state index in [-0.39, 0.29) is 5.69 Å². The number of nitrogens with zero attached hydrogens (tertiary/aromatic N) is 2. The molecule has 4 nitrogen and oxygen atoms in total. The van der Waals surface area contributed by atoms with E-state index in [2.05, 4.69) is 4.98 Å². The molecule has 1 aliphatic rings. The first kappa shape index (κ1) is 8.04. The molecule has 1 aromatic rings. The van der Waals surface area contributed by atoms with Gasteiger partial charge in [0.2, 0.25) is 0 Å². The summed E-state index contributed by atoms with van der Waals surface area (Å²) in [5.41, 5.74) is 2.24. The Labute approximate surface area is 75.8 Å². The van der Waals surface area contributed by atoms with Crippen LogP contribution in [0.5, 0.6) is 0 Å². The molecule has 2 rings (SSSR count). The Balaban J connectivity index is 2.47. The highest BCUT2D eigenvalue weighted by Gasteiger charge is 2.18. The minimum atomic E-state index is -0.969. The molecule has 0 spiro atoms. The fourth-order valence-electron chi connectivity index (χ4n) is 1.55. The molecule has 0 amide bonds.